The Morgan fingerprint density at radius 1 is 1.57 bits per heavy atom. The standard InChI is InChI=1S/C15H15ClN2O3/c1-10(7-17)21-15(20)12-6-14(19)18(9-12)8-11-4-2-3-5-13(11)16/h2-5,10,12H,6,8-9H2,1H3/t10-,12+/m1/s1. The van der Waals surface area contributed by atoms with Crippen molar-refractivity contribution in [1.29, 1.82) is 5.26 Å². The molecule has 0 aliphatic carbocycles. The summed E-state index contributed by atoms with van der Waals surface area (Å²) < 4.78 is 4.95. The molecule has 2 rings (SSSR count). The number of likely N-dealkylation sites (tertiary alicyclic amines) is 1. The zero-order valence-electron chi connectivity index (χ0n) is 11.6. The number of benzene rings is 1. The molecule has 0 aromatic heterocycles. The van der Waals surface area contributed by atoms with Crippen molar-refractivity contribution in [2.45, 2.75) is 26.0 Å². The van der Waals surface area contributed by atoms with Crippen molar-refractivity contribution in [1.82, 2.24) is 4.90 Å². The SMILES string of the molecule is C[C@H](C#N)OC(=O)[C@H]1CC(=O)N(Cc2ccccc2Cl)C1. The molecule has 0 spiro atoms. The van der Waals surface area contributed by atoms with Gasteiger partial charge in [-0.1, -0.05) is 29.8 Å². The summed E-state index contributed by atoms with van der Waals surface area (Å²) in [7, 11) is 0. The number of nitriles is 1. The molecule has 1 aromatic rings. The molecule has 0 unspecified atom stereocenters. The molecule has 6 heteroatoms. The van der Waals surface area contributed by atoms with Gasteiger partial charge in [-0.2, -0.15) is 5.26 Å². The van der Waals surface area contributed by atoms with E-state index in [0.29, 0.717) is 18.1 Å². The van der Waals surface area contributed by atoms with Gasteiger partial charge in [-0.15, -0.1) is 0 Å². The molecule has 1 aromatic carbocycles. The van der Waals surface area contributed by atoms with E-state index in [1.807, 2.05) is 24.3 Å². The number of rotatable bonds is 4. The minimum absolute atomic E-state index is 0.110. The van der Waals surface area contributed by atoms with E-state index in [1.54, 1.807) is 11.0 Å². The van der Waals surface area contributed by atoms with Crippen LogP contribution in [-0.2, 0) is 20.9 Å². The monoisotopic (exact) mass is 306 g/mol. The number of carbonyl (C=O) groups excluding carboxylic acids is 2. The second-order valence-corrected chi connectivity index (χ2v) is 5.38. The number of esters is 1. The van der Waals surface area contributed by atoms with Crippen LogP contribution in [0.15, 0.2) is 24.3 Å². The first-order valence-electron chi connectivity index (χ1n) is 6.62. The maximum absolute atomic E-state index is 12.0. The Kier molecular flexibility index (Phi) is 4.81. The normalized spacial score (nSPS) is 19.2. The number of ether oxygens (including phenoxy) is 1. The van der Waals surface area contributed by atoms with Crippen molar-refractivity contribution >= 4 is 23.5 Å². The molecule has 21 heavy (non-hydrogen) atoms. The van der Waals surface area contributed by atoms with E-state index in [0.717, 1.165) is 5.56 Å². The molecule has 0 radical (unpaired) electrons. The molecule has 1 heterocycles. The maximum Gasteiger partial charge on any atom is 0.312 e. The van der Waals surface area contributed by atoms with Crippen LogP contribution in [0.5, 0.6) is 0 Å². The molecule has 5 nitrogen and oxygen atoms in total. The van der Waals surface area contributed by atoms with Gasteiger partial charge < -0.3 is 9.64 Å². The molecule has 1 amide bonds. The van der Waals surface area contributed by atoms with Gasteiger partial charge in [0.25, 0.3) is 0 Å². The largest absolute Gasteiger partial charge is 0.447 e. The molecule has 0 saturated carbocycles. The Bertz CT molecular complexity index is 597. The van der Waals surface area contributed by atoms with Gasteiger partial charge in [0.05, 0.1) is 5.92 Å². The lowest BCUT2D eigenvalue weighted by molar-refractivity contribution is -0.150. The van der Waals surface area contributed by atoms with Crippen LogP contribution < -0.4 is 0 Å². The number of halogens is 1. The maximum atomic E-state index is 12.0. The summed E-state index contributed by atoms with van der Waals surface area (Å²) in [5.41, 5.74) is 0.840. The molecule has 1 fully saturated rings. The van der Waals surface area contributed by atoms with Gasteiger partial charge in [0, 0.05) is 24.5 Å². The second kappa shape index (κ2) is 6.59. The van der Waals surface area contributed by atoms with Gasteiger partial charge in [-0.05, 0) is 18.6 Å². The number of amides is 1. The van der Waals surface area contributed by atoms with E-state index in [1.165, 1.54) is 6.92 Å². The summed E-state index contributed by atoms with van der Waals surface area (Å²) in [6, 6.07) is 9.11. The summed E-state index contributed by atoms with van der Waals surface area (Å²) in [5.74, 6) is -1.13. The van der Waals surface area contributed by atoms with Crippen LogP contribution in [0.2, 0.25) is 5.02 Å². The predicted molar refractivity (Wildman–Crippen MR) is 76.1 cm³/mol. The minimum Gasteiger partial charge on any atom is -0.447 e. The highest BCUT2D eigenvalue weighted by Crippen LogP contribution is 2.24. The average molecular weight is 307 g/mol. The number of nitrogens with zero attached hydrogens (tertiary/aromatic N) is 2. The van der Waals surface area contributed by atoms with Crippen LogP contribution in [0.3, 0.4) is 0 Å². The van der Waals surface area contributed by atoms with Crippen LogP contribution in [0.4, 0.5) is 0 Å². The Labute approximate surface area is 128 Å². The molecular formula is C15H15ClN2O3. The van der Waals surface area contributed by atoms with Crippen LogP contribution in [0, 0.1) is 17.2 Å². The van der Waals surface area contributed by atoms with Gasteiger partial charge in [0.2, 0.25) is 5.91 Å². The predicted octanol–water partition coefficient (Wildman–Crippen LogP) is 2.14. The van der Waals surface area contributed by atoms with Crippen molar-refractivity contribution in [2.75, 3.05) is 6.54 Å². The molecule has 0 bridgehead atoms. The number of hydrogen-bond donors (Lipinski definition) is 0. The van der Waals surface area contributed by atoms with Gasteiger partial charge in [-0.25, -0.2) is 0 Å². The molecule has 1 saturated heterocycles. The van der Waals surface area contributed by atoms with Gasteiger partial charge in [0.15, 0.2) is 6.10 Å². The topological polar surface area (TPSA) is 70.4 Å². The van der Waals surface area contributed by atoms with Crippen molar-refractivity contribution in [2.24, 2.45) is 5.92 Å². The summed E-state index contributed by atoms with van der Waals surface area (Å²) in [6.07, 6.45) is -0.688. The lowest BCUT2D eigenvalue weighted by atomic mass is 10.1. The van der Waals surface area contributed by atoms with Crippen LogP contribution in [0.25, 0.3) is 0 Å². The highest BCUT2D eigenvalue weighted by molar-refractivity contribution is 6.31. The second-order valence-electron chi connectivity index (χ2n) is 4.97. The average Bonchev–Trinajstić information content (AvgIpc) is 2.82. The Hall–Kier alpha value is -2.06. The molecule has 110 valence electrons. The molecule has 2 atom stereocenters. The lowest BCUT2D eigenvalue weighted by Gasteiger charge is -2.17. The van der Waals surface area contributed by atoms with E-state index >= 15 is 0 Å². The first-order valence-corrected chi connectivity index (χ1v) is 7.00. The van der Waals surface area contributed by atoms with Gasteiger partial charge in [-0.3, -0.25) is 9.59 Å². The minimum atomic E-state index is -0.801. The van der Waals surface area contributed by atoms with Crippen molar-refractivity contribution in [3.63, 3.8) is 0 Å². The van der Waals surface area contributed by atoms with E-state index in [2.05, 4.69) is 0 Å². The fourth-order valence-corrected chi connectivity index (χ4v) is 2.41. The molecule has 1 aliphatic heterocycles. The molecule has 0 N–H and O–H groups in total. The van der Waals surface area contributed by atoms with Crippen LogP contribution >= 0.6 is 11.6 Å². The van der Waals surface area contributed by atoms with Crippen molar-refractivity contribution < 1.29 is 14.3 Å². The zero-order chi connectivity index (χ0) is 15.4. The Morgan fingerprint density at radius 2 is 2.29 bits per heavy atom. The fourth-order valence-electron chi connectivity index (χ4n) is 2.21. The highest BCUT2D eigenvalue weighted by Gasteiger charge is 2.36. The first kappa shape index (κ1) is 15.3. The Morgan fingerprint density at radius 3 is 2.95 bits per heavy atom. The van der Waals surface area contributed by atoms with E-state index in [4.69, 9.17) is 21.6 Å². The van der Waals surface area contributed by atoms with E-state index in [9.17, 15) is 9.59 Å². The summed E-state index contributed by atoms with van der Waals surface area (Å²) in [5, 5.41) is 9.23. The van der Waals surface area contributed by atoms with E-state index in [-0.39, 0.29) is 12.3 Å². The summed E-state index contributed by atoms with van der Waals surface area (Å²) in [6.45, 7) is 2.16. The third-order valence-electron chi connectivity index (χ3n) is 3.34. The van der Waals surface area contributed by atoms with Gasteiger partial charge in [0.1, 0.15) is 6.07 Å². The third-order valence-corrected chi connectivity index (χ3v) is 3.71. The Balaban J connectivity index is 1.99. The van der Waals surface area contributed by atoms with Crippen molar-refractivity contribution in [3.8, 4) is 6.07 Å². The first-order chi connectivity index (χ1) is 10.0. The molecule has 1 aliphatic rings. The highest BCUT2D eigenvalue weighted by atomic mass is 35.5. The van der Waals surface area contributed by atoms with E-state index < -0.39 is 18.0 Å². The smallest absolute Gasteiger partial charge is 0.312 e. The van der Waals surface area contributed by atoms with Crippen molar-refractivity contribution in [3.05, 3.63) is 34.9 Å². The number of hydrogen-bond acceptors (Lipinski definition) is 4. The van der Waals surface area contributed by atoms with Crippen LogP contribution in [-0.4, -0.2) is 29.4 Å². The van der Waals surface area contributed by atoms with Crippen LogP contribution in [0.1, 0.15) is 18.9 Å². The molecular weight excluding hydrogens is 292 g/mol. The fraction of sp³-hybridized carbons (Fsp3) is 0.400. The van der Waals surface area contributed by atoms with Gasteiger partial charge >= 0.3 is 5.97 Å². The third kappa shape index (κ3) is 3.73. The summed E-state index contributed by atoms with van der Waals surface area (Å²) in [4.78, 5) is 25.4. The zero-order valence-corrected chi connectivity index (χ0v) is 12.3. The lowest BCUT2D eigenvalue weighted by Crippen LogP contribution is -2.27. The number of carbonyl (C=O) groups is 2. The quantitative estimate of drug-likeness (QED) is 0.799. The summed E-state index contributed by atoms with van der Waals surface area (Å²) >= 11 is 6.07.